The van der Waals surface area contributed by atoms with Crippen LogP contribution in [0, 0.1) is 0 Å². The summed E-state index contributed by atoms with van der Waals surface area (Å²) in [6.45, 7) is 0. The first-order chi connectivity index (χ1) is 9.79. The molecule has 1 aromatic carbocycles. The average molecular weight is 316 g/mol. The number of rotatable bonds is 2. The van der Waals surface area contributed by atoms with Gasteiger partial charge in [0, 0.05) is 0 Å². The van der Waals surface area contributed by atoms with E-state index in [1.54, 1.807) is 0 Å². The number of nitrogens with two attached hydrogens (primary N) is 1. The molecule has 1 heterocycles. The van der Waals surface area contributed by atoms with Gasteiger partial charge in [-0.3, -0.25) is 4.79 Å². The summed E-state index contributed by atoms with van der Waals surface area (Å²) < 4.78 is 38.5. The summed E-state index contributed by atoms with van der Waals surface area (Å²) in [7, 11) is 0. The lowest BCUT2D eigenvalue weighted by atomic mass is 10.1. The minimum atomic E-state index is -4.58. The molecule has 3 N–H and O–H groups in total. The molecule has 0 aliphatic rings. The van der Waals surface area contributed by atoms with Crippen molar-refractivity contribution >= 4 is 28.9 Å². The molecule has 0 saturated heterocycles. The maximum Gasteiger partial charge on any atom is 0.418 e. The molecule has 1 aromatic heterocycles. The smallest absolute Gasteiger partial charge is 0.397 e. The molecule has 0 atom stereocenters. The molecule has 0 saturated carbocycles. The summed E-state index contributed by atoms with van der Waals surface area (Å²) in [4.78, 5) is 15.7. The third kappa shape index (κ3) is 3.43. The fraction of sp³-hybridized carbons (Fsp3) is 0.0769. The lowest BCUT2D eigenvalue weighted by molar-refractivity contribution is -0.136. The molecule has 2 rings (SSSR count). The molecule has 0 unspecified atom stereocenters. The average Bonchev–Trinajstić information content (AvgIpc) is 2.41. The lowest BCUT2D eigenvalue weighted by Crippen LogP contribution is -2.17. The van der Waals surface area contributed by atoms with Gasteiger partial charge in [-0.2, -0.15) is 13.2 Å². The van der Waals surface area contributed by atoms with Gasteiger partial charge < -0.3 is 11.1 Å². The topological polar surface area (TPSA) is 68.0 Å². The molecule has 0 fully saturated rings. The molecule has 4 nitrogen and oxygen atoms in total. The third-order valence-electron chi connectivity index (χ3n) is 2.59. The first kappa shape index (κ1) is 15.1. The van der Waals surface area contributed by atoms with Gasteiger partial charge in [0.2, 0.25) is 0 Å². The van der Waals surface area contributed by atoms with Crippen LogP contribution in [0.25, 0.3) is 0 Å². The Morgan fingerprint density at radius 2 is 1.95 bits per heavy atom. The van der Waals surface area contributed by atoms with E-state index >= 15 is 0 Å². The molecular formula is C13H9ClF3N3O. The summed E-state index contributed by atoms with van der Waals surface area (Å²) in [5.41, 5.74) is 4.23. The van der Waals surface area contributed by atoms with E-state index in [0.29, 0.717) is 0 Å². The summed E-state index contributed by atoms with van der Waals surface area (Å²) in [6.07, 6.45) is -3.34. The van der Waals surface area contributed by atoms with Gasteiger partial charge in [0.05, 0.1) is 28.7 Å². The number of nitrogen functional groups attached to an aromatic ring is 1. The number of nitrogens with one attached hydrogen (secondary N) is 1. The highest BCUT2D eigenvalue weighted by molar-refractivity contribution is 6.33. The van der Waals surface area contributed by atoms with Crippen LogP contribution in [0.3, 0.4) is 0 Å². The monoisotopic (exact) mass is 315 g/mol. The van der Waals surface area contributed by atoms with Crippen molar-refractivity contribution in [2.75, 3.05) is 11.1 Å². The molecule has 1 amide bonds. The zero-order valence-electron chi connectivity index (χ0n) is 10.4. The SMILES string of the molecule is Nc1cnc(Cl)c(C(=O)Nc2ccccc2C(F)(F)F)c1. The Balaban J connectivity index is 2.35. The molecule has 0 radical (unpaired) electrons. The van der Waals surface area contributed by atoms with Crippen LogP contribution in [0.2, 0.25) is 5.15 Å². The van der Waals surface area contributed by atoms with E-state index in [1.165, 1.54) is 24.4 Å². The van der Waals surface area contributed by atoms with Crippen LogP contribution in [0.15, 0.2) is 36.5 Å². The second kappa shape index (κ2) is 5.61. The fourth-order valence-electron chi connectivity index (χ4n) is 1.65. The van der Waals surface area contributed by atoms with E-state index in [9.17, 15) is 18.0 Å². The summed E-state index contributed by atoms with van der Waals surface area (Å²) in [6, 6.07) is 5.86. The number of para-hydroxylation sites is 1. The highest BCUT2D eigenvalue weighted by Gasteiger charge is 2.33. The second-order valence-corrected chi connectivity index (χ2v) is 4.46. The Hall–Kier alpha value is -2.28. The summed E-state index contributed by atoms with van der Waals surface area (Å²) in [5.74, 6) is -0.823. The standard InChI is InChI=1S/C13H9ClF3N3O/c14-11-8(5-7(18)6-19-11)12(21)20-10-4-2-1-3-9(10)13(15,16)17/h1-6H,18H2,(H,20,21). The Bertz CT molecular complexity index is 689. The number of anilines is 2. The number of halogens is 4. The van der Waals surface area contributed by atoms with Crippen LogP contribution in [0.5, 0.6) is 0 Å². The molecule has 110 valence electrons. The number of alkyl halides is 3. The van der Waals surface area contributed by atoms with Crippen molar-refractivity contribution in [3.8, 4) is 0 Å². The van der Waals surface area contributed by atoms with E-state index in [2.05, 4.69) is 10.3 Å². The molecule has 21 heavy (non-hydrogen) atoms. The van der Waals surface area contributed by atoms with E-state index in [4.69, 9.17) is 17.3 Å². The van der Waals surface area contributed by atoms with Gasteiger partial charge in [-0.15, -0.1) is 0 Å². The highest BCUT2D eigenvalue weighted by atomic mass is 35.5. The molecule has 8 heteroatoms. The lowest BCUT2D eigenvalue weighted by Gasteiger charge is -2.13. The van der Waals surface area contributed by atoms with Crippen molar-refractivity contribution in [3.63, 3.8) is 0 Å². The molecule has 2 aromatic rings. The predicted molar refractivity (Wildman–Crippen MR) is 73.1 cm³/mol. The van der Waals surface area contributed by atoms with E-state index in [1.807, 2.05) is 0 Å². The molecule has 0 bridgehead atoms. The van der Waals surface area contributed by atoms with Crippen molar-refractivity contribution in [2.45, 2.75) is 6.18 Å². The van der Waals surface area contributed by atoms with Crippen LogP contribution < -0.4 is 11.1 Å². The Morgan fingerprint density at radius 1 is 1.29 bits per heavy atom. The first-order valence-corrected chi connectivity index (χ1v) is 6.05. The van der Waals surface area contributed by atoms with Crippen LogP contribution in [-0.4, -0.2) is 10.9 Å². The number of carbonyl (C=O) groups excluding carboxylic acids is 1. The van der Waals surface area contributed by atoms with Crippen molar-refractivity contribution < 1.29 is 18.0 Å². The van der Waals surface area contributed by atoms with Crippen LogP contribution in [-0.2, 0) is 6.18 Å². The highest BCUT2D eigenvalue weighted by Crippen LogP contribution is 2.34. The zero-order valence-corrected chi connectivity index (χ0v) is 11.2. The fourth-order valence-corrected chi connectivity index (χ4v) is 1.84. The number of benzene rings is 1. The van der Waals surface area contributed by atoms with Gasteiger partial charge in [-0.05, 0) is 18.2 Å². The van der Waals surface area contributed by atoms with Crippen molar-refractivity contribution in [3.05, 3.63) is 52.8 Å². The molecule has 0 aliphatic heterocycles. The zero-order chi connectivity index (χ0) is 15.6. The van der Waals surface area contributed by atoms with Gasteiger partial charge in [0.1, 0.15) is 5.15 Å². The number of nitrogens with zero attached hydrogens (tertiary/aromatic N) is 1. The van der Waals surface area contributed by atoms with Gasteiger partial charge >= 0.3 is 6.18 Å². The Kier molecular flexibility index (Phi) is 4.04. The number of amides is 1. The maximum absolute atomic E-state index is 12.8. The van der Waals surface area contributed by atoms with Crippen LogP contribution >= 0.6 is 11.6 Å². The minimum absolute atomic E-state index is 0.103. The largest absolute Gasteiger partial charge is 0.418 e. The number of hydrogen-bond donors (Lipinski definition) is 2. The minimum Gasteiger partial charge on any atom is -0.397 e. The van der Waals surface area contributed by atoms with Crippen molar-refractivity contribution in [1.29, 1.82) is 0 Å². The summed E-state index contributed by atoms with van der Waals surface area (Å²) >= 11 is 5.74. The molecule has 0 spiro atoms. The van der Waals surface area contributed by atoms with E-state index in [-0.39, 0.29) is 22.1 Å². The normalized spacial score (nSPS) is 11.2. The second-order valence-electron chi connectivity index (χ2n) is 4.10. The number of aromatic nitrogens is 1. The quantitative estimate of drug-likeness (QED) is 0.832. The van der Waals surface area contributed by atoms with E-state index in [0.717, 1.165) is 12.1 Å². The first-order valence-electron chi connectivity index (χ1n) is 5.67. The third-order valence-corrected chi connectivity index (χ3v) is 2.89. The number of carbonyl (C=O) groups is 1. The Labute approximate surface area is 122 Å². The predicted octanol–water partition coefficient (Wildman–Crippen LogP) is 3.59. The van der Waals surface area contributed by atoms with Gasteiger partial charge in [-0.1, -0.05) is 23.7 Å². The van der Waals surface area contributed by atoms with E-state index < -0.39 is 17.6 Å². The van der Waals surface area contributed by atoms with Gasteiger partial charge in [0.25, 0.3) is 5.91 Å². The maximum atomic E-state index is 12.8. The molecule has 0 aliphatic carbocycles. The van der Waals surface area contributed by atoms with Crippen molar-refractivity contribution in [1.82, 2.24) is 4.98 Å². The summed E-state index contributed by atoms with van der Waals surface area (Å²) in [5, 5.41) is 2.02. The number of hydrogen-bond acceptors (Lipinski definition) is 3. The van der Waals surface area contributed by atoms with Crippen LogP contribution in [0.1, 0.15) is 15.9 Å². The Morgan fingerprint density at radius 3 is 2.62 bits per heavy atom. The number of pyridine rings is 1. The van der Waals surface area contributed by atoms with Crippen molar-refractivity contribution in [2.24, 2.45) is 0 Å². The van der Waals surface area contributed by atoms with Crippen LogP contribution in [0.4, 0.5) is 24.5 Å². The molecular weight excluding hydrogens is 307 g/mol. The van der Waals surface area contributed by atoms with Gasteiger partial charge in [0.15, 0.2) is 0 Å². The van der Waals surface area contributed by atoms with Gasteiger partial charge in [-0.25, -0.2) is 4.98 Å².